The van der Waals surface area contributed by atoms with E-state index in [0.717, 1.165) is 13.2 Å². The van der Waals surface area contributed by atoms with Gasteiger partial charge in [-0.2, -0.15) is 0 Å². The number of likely N-dealkylation sites (tertiary alicyclic amines) is 1. The Labute approximate surface area is 98.2 Å². The summed E-state index contributed by atoms with van der Waals surface area (Å²) in [5.41, 5.74) is 1.27. The monoisotopic (exact) mass is 219 g/mol. The summed E-state index contributed by atoms with van der Waals surface area (Å²) >= 11 is 0. The molecule has 1 fully saturated rings. The zero-order chi connectivity index (χ0) is 11.4. The lowest BCUT2D eigenvalue weighted by Gasteiger charge is -2.20. The summed E-state index contributed by atoms with van der Waals surface area (Å²) in [7, 11) is 0. The molecule has 2 rings (SSSR count). The number of hydrogen-bond donors (Lipinski definition) is 0. The van der Waals surface area contributed by atoms with Crippen LogP contribution < -0.4 is 0 Å². The van der Waals surface area contributed by atoms with Crippen LogP contribution in [-0.4, -0.2) is 30.1 Å². The Bertz CT molecular complexity index is 310. The molecule has 1 aliphatic rings. The zero-order valence-electron chi connectivity index (χ0n) is 10.2. The van der Waals surface area contributed by atoms with Crippen molar-refractivity contribution in [2.75, 3.05) is 13.1 Å². The van der Waals surface area contributed by atoms with Crippen LogP contribution in [0.4, 0.5) is 0 Å². The molecule has 0 bridgehead atoms. The van der Waals surface area contributed by atoms with E-state index in [4.69, 9.17) is 4.74 Å². The molecule has 2 heteroatoms. The molecule has 2 nitrogen and oxygen atoms in total. The van der Waals surface area contributed by atoms with Crippen LogP contribution in [0.2, 0.25) is 0 Å². The van der Waals surface area contributed by atoms with Crippen LogP contribution in [0, 0.1) is 0 Å². The fraction of sp³-hybridized carbons (Fsp3) is 0.571. The summed E-state index contributed by atoms with van der Waals surface area (Å²) in [5.74, 6) is 0. The predicted molar refractivity (Wildman–Crippen MR) is 66.3 cm³/mol. The van der Waals surface area contributed by atoms with Gasteiger partial charge in [-0.3, -0.25) is 4.90 Å². The van der Waals surface area contributed by atoms with E-state index in [-0.39, 0.29) is 0 Å². The molecule has 0 spiro atoms. The first-order valence-corrected chi connectivity index (χ1v) is 6.15. The van der Waals surface area contributed by atoms with Crippen molar-refractivity contribution in [3.8, 4) is 0 Å². The van der Waals surface area contributed by atoms with Crippen LogP contribution >= 0.6 is 0 Å². The van der Waals surface area contributed by atoms with Crippen molar-refractivity contribution < 1.29 is 4.74 Å². The molecule has 88 valence electrons. The highest BCUT2D eigenvalue weighted by Crippen LogP contribution is 2.16. The van der Waals surface area contributed by atoms with Gasteiger partial charge in [-0.1, -0.05) is 30.3 Å². The second-order valence-corrected chi connectivity index (χ2v) is 4.80. The third-order valence-electron chi connectivity index (χ3n) is 3.24. The van der Waals surface area contributed by atoms with Gasteiger partial charge in [0, 0.05) is 19.1 Å². The van der Waals surface area contributed by atoms with Crippen LogP contribution in [0.1, 0.15) is 25.8 Å². The average Bonchev–Trinajstić information content (AvgIpc) is 2.76. The lowest BCUT2D eigenvalue weighted by molar-refractivity contribution is 0.0444. The molecular formula is C14H21NO. The Morgan fingerprint density at radius 3 is 2.69 bits per heavy atom. The molecule has 1 aromatic rings. The smallest absolute Gasteiger partial charge is 0.0721 e. The van der Waals surface area contributed by atoms with Gasteiger partial charge in [0.2, 0.25) is 0 Å². The van der Waals surface area contributed by atoms with Gasteiger partial charge < -0.3 is 4.74 Å². The molecule has 1 aliphatic heterocycles. The summed E-state index contributed by atoms with van der Waals surface area (Å²) in [6.07, 6.45) is 1.59. The lowest BCUT2D eigenvalue weighted by atomic mass is 10.2. The minimum Gasteiger partial charge on any atom is -0.372 e. The molecule has 0 saturated carbocycles. The molecule has 1 saturated heterocycles. The fourth-order valence-corrected chi connectivity index (χ4v) is 2.15. The summed E-state index contributed by atoms with van der Waals surface area (Å²) in [6.45, 7) is 7.51. The largest absolute Gasteiger partial charge is 0.372 e. The van der Waals surface area contributed by atoms with Crippen LogP contribution in [0.15, 0.2) is 30.3 Å². The summed E-state index contributed by atoms with van der Waals surface area (Å²) < 4.78 is 5.93. The third-order valence-corrected chi connectivity index (χ3v) is 3.24. The first-order chi connectivity index (χ1) is 7.75. The van der Waals surface area contributed by atoms with E-state index in [2.05, 4.69) is 43.0 Å². The fourth-order valence-electron chi connectivity index (χ4n) is 2.15. The first kappa shape index (κ1) is 11.6. The highest BCUT2D eigenvalue weighted by Gasteiger charge is 2.24. The van der Waals surface area contributed by atoms with Gasteiger partial charge in [-0.15, -0.1) is 0 Å². The van der Waals surface area contributed by atoms with E-state index in [9.17, 15) is 0 Å². The first-order valence-electron chi connectivity index (χ1n) is 6.15. The van der Waals surface area contributed by atoms with E-state index < -0.39 is 0 Å². The molecule has 0 amide bonds. The summed E-state index contributed by atoms with van der Waals surface area (Å²) in [5, 5.41) is 0. The molecule has 1 aromatic carbocycles. The quantitative estimate of drug-likeness (QED) is 0.772. The van der Waals surface area contributed by atoms with Crippen molar-refractivity contribution in [2.24, 2.45) is 0 Å². The van der Waals surface area contributed by atoms with Gasteiger partial charge in [0.1, 0.15) is 0 Å². The van der Waals surface area contributed by atoms with E-state index in [1.807, 2.05) is 6.07 Å². The van der Waals surface area contributed by atoms with Crippen molar-refractivity contribution in [3.63, 3.8) is 0 Å². The Hall–Kier alpha value is -0.860. The maximum absolute atomic E-state index is 5.93. The molecule has 16 heavy (non-hydrogen) atoms. The van der Waals surface area contributed by atoms with Gasteiger partial charge in [-0.05, 0) is 25.8 Å². The summed E-state index contributed by atoms with van der Waals surface area (Å²) in [6, 6.07) is 11.1. The van der Waals surface area contributed by atoms with E-state index in [1.165, 1.54) is 18.5 Å². The molecule has 0 unspecified atom stereocenters. The second-order valence-electron chi connectivity index (χ2n) is 4.80. The maximum Gasteiger partial charge on any atom is 0.0721 e. The Morgan fingerprint density at radius 1 is 1.31 bits per heavy atom. The Balaban J connectivity index is 1.76. The highest BCUT2D eigenvalue weighted by atomic mass is 16.5. The molecule has 1 atom stereocenters. The van der Waals surface area contributed by atoms with Gasteiger partial charge in [0.05, 0.1) is 12.7 Å². The topological polar surface area (TPSA) is 12.5 Å². The minimum atomic E-state index is 0.419. The number of ether oxygens (including phenoxy) is 1. The Morgan fingerprint density at radius 2 is 2.06 bits per heavy atom. The van der Waals surface area contributed by atoms with Crippen LogP contribution in [-0.2, 0) is 11.3 Å². The third kappa shape index (κ3) is 3.06. The Kier molecular flexibility index (Phi) is 3.97. The standard InChI is InChI=1S/C14H21NO/c1-12(2)15-9-8-14(10-15)16-11-13-6-4-3-5-7-13/h3-7,12,14H,8-11H2,1-2H3/t14-/m1/s1. The van der Waals surface area contributed by atoms with Crippen LogP contribution in [0.5, 0.6) is 0 Å². The van der Waals surface area contributed by atoms with Crippen LogP contribution in [0.3, 0.4) is 0 Å². The molecule has 1 heterocycles. The average molecular weight is 219 g/mol. The number of benzene rings is 1. The zero-order valence-corrected chi connectivity index (χ0v) is 10.2. The van der Waals surface area contributed by atoms with Crippen molar-refractivity contribution in [1.82, 2.24) is 4.90 Å². The van der Waals surface area contributed by atoms with E-state index in [0.29, 0.717) is 12.1 Å². The van der Waals surface area contributed by atoms with Gasteiger partial charge in [-0.25, -0.2) is 0 Å². The van der Waals surface area contributed by atoms with Crippen molar-refractivity contribution in [1.29, 1.82) is 0 Å². The van der Waals surface area contributed by atoms with E-state index in [1.54, 1.807) is 0 Å². The predicted octanol–water partition coefficient (Wildman–Crippen LogP) is 2.69. The minimum absolute atomic E-state index is 0.419. The lowest BCUT2D eigenvalue weighted by Crippen LogP contribution is -2.29. The maximum atomic E-state index is 5.93. The highest BCUT2D eigenvalue weighted by molar-refractivity contribution is 5.13. The molecule has 0 N–H and O–H groups in total. The number of hydrogen-bond acceptors (Lipinski definition) is 2. The molecule has 0 aliphatic carbocycles. The molecular weight excluding hydrogens is 198 g/mol. The van der Waals surface area contributed by atoms with E-state index >= 15 is 0 Å². The van der Waals surface area contributed by atoms with Crippen molar-refractivity contribution >= 4 is 0 Å². The number of rotatable bonds is 4. The van der Waals surface area contributed by atoms with Crippen LogP contribution in [0.25, 0.3) is 0 Å². The molecule has 0 radical (unpaired) electrons. The van der Waals surface area contributed by atoms with Crippen molar-refractivity contribution in [2.45, 2.75) is 39.0 Å². The van der Waals surface area contributed by atoms with Gasteiger partial charge in [0.15, 0.2) is 0 Å². The number of nitrogens with zero attached hydrogens (tertiary/aromatic N) is 1. The van der Waals surface area contributed by atoms with Gasteiger partial charge >= 0.3 is 0 Å². The SMILES string of the molecule is CC(C)N1CC[C@@H](OCc2ccccc2)C1. The van der Waals surface area contributed by atoms with Crippen molar-refractivity contribution in [3.05, 3.63) is 35.9 Å². The van der Waals surface area contributed by atoms with Gasteiger partial charge in [0.25, 0.3) is 0 Å². The second kappa shape index (κ2) is 5.46. The normalized spacial score (nSPS) is 21.8. The molecule has 0 aromatic heterocycles. The summed E-state index contributed by atoms with van der Waals surface area (Å²) in [4.78, 5) is 2.48.